The highest BCUT2D eigenvalue weighted by molar-refractivity contribution is 6.22. The van der Waals surface area contributed by atoms with Gasteiger partial charge in [0, 0.05) is 0 Å². The largest absolute Gasteiger partial charge is 0.496 e. The minimum atomic E-state index is -0.254. The van der Waals surface area contributed by atoms with Crippen molar-refractivity contribution in [3.05, 3.63) is 53.1 Å². The van der Waals surface area contributed by atoms with E-state index in [9.17, 15) is 0 Å². The molecule has 21 heavy (non-hydrogen) atoms. The molecule has 0 spiro atoms. The Kier molecular flexibility index (Phi) is 3.93. The van der Waals surface area contributed by atoms with Crippen LogP contribution in [0.2, 0.25) is 0 Å². The number of aryl methyl sites for hydroxylation is 1. The monoisotopic (exact) mass is 304 g/mol. The second-order valence-corrected chi connectivity index (χ2v) is 5.43. The Morgan fingerprint density at radius 3 is 2.43 bits per heavy atom. The molecule has 1 heterocycles. The fourth-order valence-electron chi connectivity index (χ4n) is 2.40. The van der Waals surface area contributed by atoms with Gasteiger partial charge in [-0.1, -0.05) is 18.2 Å². The van der Waals surface area contributed by atoms with Gasteiger partial charge >= 0.3 is 0 Å². The maximum absolute atomic E-state index is 6.60. The van der Waals surface area contributed by atoms with Crippen LogP contribution in [0.1, 0.15) is 22.1 Å². The van der Waals surface area contributed by atoms with Gasteiger partial charge in [0.1, 0.15) is 19.0 Å². The van der Waals surface area contributed by atoms with E-state index in [2.05, 4.69) is 0 Å². The maximum atomic E-state index is 6.60. The number of methoxy groups -OCH3 is 1. The predicted molar refractivity (Wildman–Crippen MR) is 82.9 cm³/mol. The van der Waals surface area contributed by atoms with Gasteiger partial charge in [0.15, 0.2) is 11.5 Å². The summed E-state index contributed by atoms with van der Waals surface area (Å²) in [6.07, 6.45) is 0. The van der Waals surface area contributed by atoms with Crippen molar-refractivity contribution >= 4 is 11.6 Å². The molecular weight excluding hydrogens is 288 g/mol. The summed E-state index contributed by atoms with van der Waals surface area (Å²) < 4.78 is 16.5. The summed E-state index contributed by atoms with van der Waals surface area (Å²) in [7, 11) is 1.67. The van der Waals surface area contributed by atoms with Gasteiger partial charge in [0.05, 0.1) is 12.5 Å². The van der Waals surface area contributed by atoms with Crippen LogP contribution in [-0.4, -0.2) is 20.3 Å². The summed E-state index contributed by atoms with van der Waals surface area (Å²) in [6.45, 7) is 3.17. The van der Waals surface area contributed by atoms with Gasteiger partial charge in [-0.3, -0.25) is 0 Å². The molecule has 0 bridgehead atoms. The van der Waals surface area contributed by atoms with Crippen LogP contribution in [0.3, 0.4) is 0 Å². The van der Waals surface area contributed by atoms with Crippen molar-refractivity contribution in [3.8, 4) is 17.2 Å². The minimum absolute atomic E-state index is 0.254. The number of hydrogen-bond acceptors (Lipinski definition) is 3. The van der Waals surface area contributed by atoms with Crippen LogP contribution in [0.25, 0.3) is 0 Å². The molecule has 1 unspecified atom stereocenters. The van der Waals surface area contributed by atoms with Gasteiger partial charge in [0.25, 0.3) is 0 Å². The Morgan fingerprint density at radius 1 is 1.00 bits per heavy atom. The Bertz CT molecular complexity index is 654. The summed E-state index contributed by atoms with van der Waals surface area (Å²) >= 11 is 6.60. The summed E-state index contributed by atoms with van der Waals surface area (Å²) in [5, 5.41) is -0.254. The first kappa shape index (κ1) is 14.1. The van der Waals surface area contributed by atoms with Crippen LogP contribution < -0.4 is 14.2 Å². The van der Waals surface area contributed by atoms with Crippen molar-refractivity contribution in [3.63, 3.8) is 0 Å². The first-order chi connectivity index (χ1) is 10.2. The summed E-state index contributed by atoms with van der Waals surface area (Å²) in [5.74, 6) is 2.37. The normalized spacial score (nSPS) is 14.6. The lowest BCUT2D eigenvalue weighted by Gasteiger charge is -2.20. The standard InChI is InChI=1S/C17H17ClO3/c1-11-3-4-12(9-15(11)19-2)17(18)13-5-6-14-16(10-13)21-8-7-20-14/h3-6,9-10,17H,7-8H2,1-2H3. The third-order valence-corrected chi connectivity index (χ3v) is 4.09. The van der Waals surface area contributed by atoms with Crippen molar-refractivity contribution in [2.45, 2.75) is 12.3 Å². The molecule has 0 aromatic heterocycles. The quantitative estimate of drug-likeness (QED) is 0.799. The van der Waals surface area contributed by atoms with Gasteiger partial charge in [-0.05, 0) is 41.8 Å². The highest BCUT2D eigenvalue weighted by Crippen LogP contribution is 2.37. The molecule has 0 radical (unpaired) electrons. The number of alkyl halides is 1. The average Bonchev–Trinajstić information content (AvgIpc) is 2.54. The molecule has 3 nitrogen and oxygen atoms in total. The van der Waals surface area contributed by atoms with Crippen LogP contribution in [0.4, 0.5) is 0 Å². The van der Waals surface area contributed by atoms with E-state index in [-0.39, 0.29) is 5.38 Å². The fraction of sp³-hybridized carbons (Fsp3) is 0.294. The molecule has 0 saturated carbocycles. The molecule has 0 fully saturated rings. The molecule has 3 rings (SSSR count). The second kappa shape index (κ2) is 5.86. The number of rotatable bonds is 3. The number of benzene rings is 2. The molecule has 2 aromatic rings. The molecule has 110 valence electrons. The lowest BCUT2D eigenvalue weighted by atomic mass is 10.0. The van der Waals surface area contributed by atoms with E-state index in [4.69, 9.17) is 25.8 Å². The smallest absolute Gasteiger partial charge is 0.161 e. The third-order valence-electron chi connectivity index (χ3n) is 3.58. The predicted octanol–water partition coefficient (Wildman–Crippen LogP) is 4.10. The van der Waals surface area contributed by atoms with Crippen molar-refractivity contribution in [1.82, 2.24) is 0 Å². The van der Waals surface area contributed by atoms with Crippen molar-refractivity contribution in [2.75, 3.05) is 20.3 Å². The van der Waals surface area contributed by atoms with Crippen LogP contribution >= 0.6 is 11.6 Å². The molecule has 0 saturated heterocycles. The van der Waals surface area contributed by atoms with E-state index in [1.807, 2.05) is 43.3 Å². The number of hydrogen-bond donors (Lipinski definition) is 0. The number of fused-ring (bicyclic) bond motifs is 1. The summed E-state index contributed by atoms with van der Waals surface area (Å²) in [4.78, 5) is 0. The van der Waals surface area contributed by atoms with Crippen LogP contribution in [-0.2, 0) is 0 Å². The molecule has 1 aliphatic rings. The third kappa shape index (κ3) is 2.79. The SMILES string of the molecule is COc1cc(C(Cl)c2ccc3c(c2)OCCO3)ccc1C. The summed E-state index contributed by atoms with van der Waals surface area (Å²) in [6, 6.07) is 11.8. The zero-order chi connectivity index (χ0) is 14.8. The number of halogens is 1. The maximum Gasteiger partial charge on any atom is 0.161 e. The van der Waals surface area contributed by atoms with E-state index in [1.165, 1.54) is 0 Å². The minimum Gasteiger partial charge on any atom is -0.496 e. The van der Waals surface area contributed by atoms with Gasteiger partial charge in [-0.15, -0.1) is 11.6 Å². The lowest BCUT2D eigenvalue weighted by molar-refractivity contribution is 0.171. The van der Waals surface area contributed by atoms with Crippen LogP contribution in [0.15, 0.2) is 36.4 Å². The molecular formula is C17H17ClO3. The van der Waals surface area contributed by atoms with E-state index in [1.54, 1.807) is 7.11 Å². The number of ether oxygens (including phenoxy) is 3. The van der Waals surface area contributed by atoms with Gasteiger partial charge in [-0.2, -0.15) is 0 Å². The van der Waals surface area contributed by atoms with Crippen molar-refractivity contribution in [2.24, 2.45) is 0 Å². The topological polar surface area (TPSA) is 27.7 Å². The summed E-state index contributed by atoms with van der Waals surface area (Å²) in [5.41, 5.74) is 3.06. The molecule has 0 aliphatic carbocycles. The zero-order valence-corrected chi connectivity index (χ0v) is 12.8. The molecule has 2 aromatic carbocycles. The first-order valence-electron chi connectivity index (χ1n) is 6.87. The molecule has 1 atom stereocenters. The zero-order valence-electron chi connectivity index (χ0n) is 12.1. The average molecular weight is 305 g/mol. The van der Waals surface area contributed by atoms with E-state index in [0.717, 1.165) is 33.9 Å². The van der Waals surface area contributed by atoms with E-state index < -0.39 is 0 Å². The fourth-order valence-corrected chi connectivity index (χ4v) is 2.68. The van der Waals surface area contributed by atoms with Gasteiger partial charge < -0.3 is 14.2 Å². The molecule has 0 amide bonds. The highest BCUT2D eigenvalue weighted by atomic mass is 35.5. The first-order valence-corrected chi connectivity index (χ1v) is 7.31. The Morgan fingerprint density at radius 2 is 1.67 bits per heavy atom. The lowest BCUT2D eigenvalue weighted by Crippen LogP contribution is -2.15. The van der Waals surface area contributed by atoms with Crippen LogP contribution in [0.5, 0.6) is 17.2 Å². The van der Waals surface area contributed by atoms with Crippen LogP contribution in [0, 0.1) is 6.92 Å². The molecule has 4 heteroatoms. The Labute approximate surface area is 129 Å². The Balaban J connectivity index is 1.92. The molecule has 0 N–H and O–H groups in total. The van der Waals surface area contributed by atoms with Crippen molar-refractivity contribution in [1.29, 1.82) is 0 Å². The van der Waals surface area contributed by atoms with E-state index in [0.29, 0.717) is 13.2 Å². The van der Waals surface area contributed by atoms with Gasteiger partial charge in [0.2, 0.25) is 0 Å². The van der Waals surface area contributed by atoms with Gasteiger partial charge in [-0.25, -0.2) is 0 Å². The molecule has 1 aliphatic heterocycles. The Hall–Kier alpha value is -1.87. The van der Waals surface area contributed by atoms with Crippen molar-refractivity contribution < 1.29 is 14.2 Å². The second-order valence-electron chi connectivity index (χ2n) is 4.99. The van der Waals surface area contributed by atoms with E-state index >= 15 is 0 Å². The highest BCUT2D eigenvalue weighted by Gasteiger charge is 2.17.